The zero-order valence-electron chi connectivity index (χ0n) is 16.6. The number of nitrogens with two attached hydrogens (primary N) is 1. The van der Waals surface area contributed by atoms with Crippen LogP contribution in [0.15, 0.2) is 65.9 Å². The molecule has 0 aromatic heterocycles. The van der Waals surface area contributed by atoms with Crippen molar-refractivity contribution in [1.82, 2.24) is 0 Å². The molecule has 150 valence electrons. The minimum Gasteiger partial charge on any atom is -0.493 e. The zero-order chi connectivity index (χ0) is 20.2. The molecule has 0 spiro atoms. The second-order valence-electron chi connectivity index (χ2n) is 7.89. The van der Waals surface area contributed by atoms with Crippen LogP contribution in [0.5, 0.6) is 0 Å². The van der Waals surface area contributed by atoms with Crippen molar-refractivity contribution in [2.24, 2.45) is 5.73 Å². The Morgan fingerprint density at radius 2 is 1.93 bits per heavy atom. The van der Waals surface area contributed by atoms with E-state index in [-0.39, 0.29) is 6.42 Å². The SMILES string of the molecule is NCc1cccc(-c2cc(COC3=C(CC(=O)O)C=CCC3)cc(C3CC3)c2)c1. The Labute approximate surface area is 171 Å². The quantitative estimate of drug-likeness (QED) is 0.644. The van der Waals surface area contributed by atoms with E-state index < -0.39 is 5.97 Å². The van der Waals surface area contributed by atoms with Gasteiger partial charge >= 0.3 is 5.97 Å². The average Bonchev–Trinajstić information content (AvgIpc) is 3.58. The number of carbonyl (C=O) groups is 1. The molecule has 29 heavy (non-hydrogen) atoms. The summed E-state index contributed by atoms with van der Waals surface area (Å²) in [7, 11) is 0. The van der Waals surface area contributed by atoms with E-state index in [1.54, 1.807) is 0 Å². The van der Waals surface area contributed by atoms with Crippen molar-refractivity contribution in [3.63, 3.8) is 0 Å². The van der Waals surface area contributed by atoms with E-state index in [0.717, 1.165) is 35.3 Å². The molecule has 0 amide bonds. The highest BCUT2D eigenvalue weighted by Crippen LogP contribution is 2.42. The van der Waals surface area contributed by atoms with Gasteiger partial charge in [0.15, 0.2) is 0 Å². The van der Waals surface area contributed by atoms with Gasteiger partial charge in [-0.2, -0.15) is 0 Å². The zero-order valence-corrected chi connectivity index (χ0v) is 16.6. The monoisotopic (exact) mass is 389 g/mol. The Morgan fingerprint density at radius 3 is 2.69 bits per heavy atom. The fourth-order valence-corrected chi connectivity index (χ4v) is 3.85. The van der Waals surface area contributed by atoms with E-state index in [4.69, 9.17) is 15.6 Å². The molecule has 0 bridgehead atoms. The van der Waals surface area contributed by atoms with Gasteiger partial charge in [-0.1, -0.05) is 42.5 Å². The van der Waals surface area contributed by atoms with E-state index in [1.165, 1.54) is 29.5 Å². The van der Waals surface area contributed by atoms with Gasteiger partial charge in [0.25, 0.3) is 0 Å². The number of carboxylic acids is 1. The lowest BCUT2D eigenvalue weighted by atomic mass is 9.96. The molecule has 2 aromatic rings. The molecule has 0 unspecified atom stereocenters. The van der Waals surface area contributed by atoms with E-state index >= 15 is 0 Å². The minimum absolute atomic E-state index is 0.00504. The van der Waals surface area contributed by atoms with Gasteiger partial charge in [0.2, 0.25) is 0 Å². The summed E-state index contributed by atoms with van der Waals surface area (Å²) < 4.78 is 6.12. The third-order valence-corrected chi connectivity index (χ3v) is 5.53. The highest BCUT2D eigenvalue weighted by molar-refractivity contribution is 5.71. The highest BCUT2D eigenvalue weighted by atomic mass is 16.5. The first-order chi connectivity index (χ1) is 14.1. The van der Waals surface area contributed by atoms with E-state index in [0.29, 0.717) is 19.1 Å². The van der Waals surface area contributed by atoms with Gasteiger partial charge in [0, 0.05) is 18.5 Å². The summed E-state index contributed by atoms with van der Waals surface area (Å²) in [6.45, 7) is 0.983. The molecule has 1 fully saturated rings. The Balaban J connectivity index is 1.60. The number of ether oxygens (including phenoxy) is 1. The molecule has 4 heteroatoms. The highest BCUT2D eigenvalue weighted by Gasteiger charge is 2.24. The topological polar surface area (TPSA) is 72.5 Å². The molecule has 0 heterocycles. The minimum atomic E-state index is -0.828. The van der Waals surface area contributed by atoms with Crippen LogP contribution in [0.3, 0.4) is 0 Å². The predicted molar refractivity (Wildman–Crippen MR) is 114 cm³/mol. The van der Waals surface area contributed by atoms with Crippen molar-refractivity contribution < 1.29 is 14.6 Å². The largest absolute Gasteiger partial charge is 0.493 e. The van der Waals surface area contributed by atoms with Gasteiger partial charge in [-0.15, -0.1) is 0 Å². The number of hydrogen-bond donors (Lipinski definition) is 2. The number of aliphatic carboxylic acids is 1. The third-order valence-electron chi connectivity index (χ3n) is 5.53. The third kappa shape index (κ3) is 4.96. The first-order valence-electron chi connectivity index (χ1n) is 10.3. The molecule has 0 saturated heterocycles. The summed E-state index contributed by atoms with van der Waals surface area (Å²) in [6.07, 6.45) is 8.03. The number of allylic oxidation sites excluding steroid dienone is 3. The smallest absolute Gasteiger partial charge is 0.307 e. The van der Waals surface area contributed by atoms with Gasteiger partial charge in [0.1, 0.15) is 12.4 Å². The van der Waals surface area contributed by atoms with Crippen LogP contribution < -0.4 is 5.73 Å². The maximum atomic E-state index is 11.1. The van der Waals surface area contributed by atoms with Gasteiger partial charge in [-0.3, -0.25) is 4.79 Å². The van der Waals surface area contributed by atoms with Crippen LogP contribution in [0.1, 0.15) is 54.7 Å². The lowest BCUT2D eigenvalue weighted by Gasteiger charge is -2.17. The van der Waals surface area contributed by atoms with Crippen molar-refractivity contribution in [2.45, 2.75) is 51.2 Å². The van der Waals surface area contributed by atoms with Gasteiger partial charge < -0.3 is 15.6 Å². The van der Waals surface area contributed by atoms with Crippen molar-refractivity contribution in [3.05, 3.63) is 82.6 Å². The van der Waals surface area contributed by atoms with Crippen molar-refractivity contribution in [3.8, 4) is 11.1 Å². The average molecular weight is 389 g/mol. The molecule has 2 aromatic carbocycles. The second-order valence-corrected chi connectivity index (χ2v) is 7.89. The van der Waals surface area contributed by atoms with E-state index in [9.17, 15) is 4.79 Å². The molecule has 4 nitrogen and oxygen atoms in total. The number of rotatable bonds is 8. The summed E-state index contributed by atoms with van der Waals surface area (Å²) >= 11 is 0. The normalized spacial score (nSPS) is 16.2. The Kier molecular flexibility index (Phi) is 5.81. The molecule has 1 saturated carbocycles. The van der Waals surface area contributed by atoms with Crippen molar-refractivity contribution in [2.75, 3.05) is 0 Å². The van der Waals surface area contributed by atoms with Crippen LogP contribution in [-0.2, 0) is 22.7 Å². The number of hydrogen-bond acceptors (Lipinski definition) is 3. The second kappa shape index (κ2) is 8.66. The summed E-state index contributed by atoms with van der Waals surface area (Å²) in [5, 5.41) is 9.15. The molecule has 4 rings (SSSR count). The molecule has 2 aliphatic rings. The van der Waals surface area contributed by atoms with E-state index in [2.05, 4.69) is 36.4 Å². The van der Waals surface area contributed by atoms with Gasteiger partial charge in [-0.05, 0) is 65.1 Å². The van der Waals surface area contributed by atoms with Gasteiger partial charge in [-0.25, -0.2) is 0 Å². The molecule has 0 aliphatic heterocycles. The summed E-state index contributed by atoms with van der Waals surface area (Å²) in [5.41, 5.74) is 12.6. The lowest BCUT2D eigenvalue weighted by Crippen LogP contribution is -2.05. The van der Waals surface area contributed by atoms with Crippen LogP contribution in [-0.4, -0.2) is 11.1 Å². The van der Waals surface area contributed by atoms with Crippen molar-refractivity contribution >= 4 is 5.97 Å². The summed E-state index contributed by atoms with van der Waals surface area (Å²) in [4.78, 5) is 11.1. The molecule has 2 aliphatic carbocycles. The standard InChI is InChI=1S/C25H27NO3/c26-15-17-4-3-6-20(10-17)23-12-18(11-22(13-23)19-8-9-19)16-29-24-7-2-1-5-21(24)14-25(27)28/h1,3-6,10-13,19H,2,7-9,14-16,26H2,(H,27,28). The van der Waals surface area contributed by atoms with E-state index in [1.807, 2.05) is 18.2 Å². The van der Waals surface area contributed by atoms with Crippen LogP contribution in [0.25, 0.3) is 11.1 Å². The maximum Gasteiger partial charge on any atom is 0.307 e. The van der Waals surface area contributed by atoms with Gasteiger partial charge in [0.05, 0.1) is 6.42 Å². The number of benzene rings is 2. The maximum absolute atomic E-state index is 11.1. The van der Waals surface area contributed by atoms with Crippen LogP contribution in [0, 0.1) is 0 Å². The van der Waals surface area contributed by atoms with Crippen LogP contribution in [0.2, 0.25) is 0 Å². The first-order valence-corrected chi connectivity index (χ1v) is 10.3. The van der Waals surface area contributed by atoms with Crippen LogP contribution in [0.4, 0.5) is 0 Å². The van der Waals surface area contributed by atoms with Crippen LogP contribution >= 0.6 is 0 Å². The molecule has 0 radical (unpaired) electrons. The predicted octanol–water partition coefficient (Wildman–Crippen LogP) is 5.29. The Morgan fingerprint density at radius 1 is 1.10 bits per heavy atom. The van der Waals surface area contributed by atoms with Crippen molar-refractivity contribution in [1.29, 1.82) is 0 Å². The fourth-order valence-electron chi connectivity index (χ4n) is 3.85. The number of carboxylic acid groups (broad SMARTS) is 1. The summed E-state index contributed by atoms with van der Waals surface area (Å²) in [5.74, 6) is 0.620. The molecule has 3 N–H and O–H groups in total. The first kappa shape index (κ1) is 19.5. The molecule has 0 atom stereocenters. The Hall–Kier alpha value is -2.85. The summed E-state index contributed by atoms with van der Waals surface area (Å²) in [6, 6.07) is 15.1. The fraction of sp³-hybridized carbons (Fsp3) is 0.320. The Bertz CT molecular complexity index is 970. The molecular formula is C25H27NO3. The molecular weight excluding hydrogens is 362 g/mol. The lowest BCUT2D eigenvalue weighted by molar-refractivity contribution is -0.136.